The molecule has 1 saturated heterocycles. The molecule has 0 radical (unpaired) electrons. The van der Waals surface area contributed by atoms with Gasteiger partial charge in [0.2, 0.25) is 0 Å². The summed E-state index contributed by atoms with van der Waals surface area (Å²) in [4.78, 5) is 39.1. The maximum atomic E-state index is 14.3. The number of ether oxygens (including phenoxy) is 1. The molecule has 0 saturated carbocycles. The van der Waals surface area contributed by atoms with Gasteiger partial charge in [-0.05, 0) is 84.0 Å². The van der Waals surface area contributed by atoms with E-state index in [1.165, 1.54) is 12.1 Å². The summed E-state index contributed by atoms with van der Waals surface area (Å²) in [6, 6.07) is 16.1. The fraction of sp³-hybridized carbons (Fsp3) is 0.148. The van der Waals surface area contributed by atoms with Crippen LogP contribution in [0.1, 0.15) is 29.2 Å². The minimum Gasteiger partial charge on any atom is -0.494 e. The van der Waals surface area contributed by atoms with Gasteiger partial charge in [0, 0.05) is 15.6 Å². The number of rotatable bonds is 6. The predicted molar refractivity (Wildman–Crippen MR) is 140 cm³/mol. The highest BCUT2D eigenvalue weighted by atomic mass is 127. The lowest BCUT2D eigenvalue weighted by atomic mass is 10.00. The Morgan fingerprint density at radius 1 is 1.06 bits per heavy atom. The third kappa shape index (κ3) is 5.27. The quantitative estimate of drug-likeness (QED) is 0.240. The minimum absolute atomic E-state index is 0.176. The van der Waals surface area contributed by atoms with Gasteiger partial charge in [-0.1, -0.05) is 35.9 Å². The fourth-order valence-corrected chi connectivity index (χ4v) is 4.57. The molecule has 6 nitrogen and oxygen atoms in total. The van der Waals surface area contributed by atoms with E-state index in [0.717, 1.165) is 19.6 Å². The molecule has 3 aromatic rings. The monoisotopic (exact) mass is 584 g/mol. The Hall–Kier alpha value is -3.53. The molecule has 35 heavy (non-hydrogen) atoms. The largest absolute Gasteiger partial charge is 0.494 e. The predicted octanol–water partition coefficient (Wildman–Crippen LogP) is 5.39. The average molecular weight is 584 g/mol. The van der Waals surface area contributed by atoms with E-state index >= 15 is 0 Å². The van der Waals surface area contributed by atoms with Crippen LogP contribution in [0.15, 0.2) is 66.2 Å². The van der Waals surface area contributed by atoms with E-state index in [1.807, 2.05) is 13.8 Å². The zero-order valence-electron chi connectivity index (χ0n) is 19.1. The first kappa shape index (κ1) is 24.6. The van der Waals surface area contributed by atoms with Crippen molar-refractivity contribution in [1.82, 2.24) is 5.32 Å². The van der Waals surface area contributed by atoms with Gasteiger partial charge in [-0.15, -0.1) is 0 Å². The summed E-state index contributed by atoms with van der Waals surface area (Å²) < 4.78 is 20.9. The Morgan fingerprint density at radius 2 is 1.77 bits per heavy atom. The van der Waals surface area contributed by atoms with Crippen LogP contribution in [-0.4, -0.2) is 24.5 Å². The summed E-state index contributed by atoms with van der Waals surface area (Å²) in [5, 5.41) is 2.23. The number of nitrogens with one attached hydrogen (secondary N) is 1. The molecule has 1 N–H and O–H groups in total. The van der Waals surface area contributed by atoms with Crippen LogP contribution < -0.4 is 15.0 Å². The standard InChI is InChI=1S/C27H22FIN2O4/c1-3-35-24-14-17(13-23(29)20(24)15-18-6-4-5-7-22(18)28)12-21-25(32)30-27(34)31(26(21)33)19-10-8-16(2)9-11-19/h4-14H,3,15H2,1-2H3,(H,30,32,34)/b21-12+. The lowest BCUT2D eigenvalue weighted by Gasteiger charge is -2.26. The minimum atomic E-state index is -0.800. The van der Waals surface area contributed by atoms with Crippen molar-refractivity contribution >= 4 is 52.2 Å². The van der Waals surface area contributed by atoms with Crippen molar-refractivity contribution in [2.45, 2.75) is 20.3 Å². The number of halogens is 2. The van der Waals surface area contributed by atoms with Gasteiger partial charge in [-0.2, -0.15) is 0 Å². The third-order valence-corrected chi connectivity index (χ3v) is 6.47. The van der Waals surface area contributed by atoms with Crippen molar-refractivity contribution in [3.8, 4) is 5.75 Å². The Morgan fingerprint density at radius 3 is 2.46 bits per heavy atom. The van der Waals surface area contributed by atoms with Gasteiger partial charge in [0.1, 0.15) is 17.1 Å². The summed E-state index contributed by atoms with van der Waals surface area (Å²) in [7, 11) is 0. The molecule has 0 spiro atoms. The molecule has 1 heterocycles. The Bertz CT molecular complexity index is 1350. The van der Waals surface area contributed by atoms with Crippen LogP contribution in [0, 0.1) is 16.3 Å². The smallest absolute Gasteiger partial charge is 0.335 e. The molecule has 1 aliphatic heterocycles. The molecule has 0 unspecified atom stereocenters. The molecule has 0 aliphatic carbocycles. The number of aryl methyl sites for hydroxylation is 1. The number of hydrogen-bond acceptors (Lipinski definition) is 4. The van der Waals surface area contributed by atoms with Crippen LogP contribution in [0.25, 0.3) is 6.08 Å². The van der Waals surface area contributed by atoms with E-state index < -0.39 is 17.8 Å². The third-order valence-electron chi connectivity index (χ3n) is 5.51. The maximum absolute atomic E-state index is 14.3. The molecule has 178 valence electrons. The van der Waals surface area contributed by atoms with Gasteiger partial charge in [0.25, 0.3) is 11.8 Å². The zero-order chi connectivity index (χ0) is 25.1. The van der Waals surface area contributed by atoms with Gasteiger partial charge < -0.3 is 4.74 Å². The Balaban J connectivity index is 1.72. The summed E-state index contributed by atoms with van der Waals surface area (Å²) >= 11 is 2.13. The van der Waals surface area contributed by atoms with Crippen molar-refractivity contribution < 1.29 is 23.5 Å². The Labute approximate surface area is 215 Å². The van der Waals surface area contributed by atoms with E-state index in [1.54, 1.807) is 54.6 Å². The lowest BCUT2D eigenvalue weighted by Crippen LogP contribution is -2.54. The van der Waals surface area contributed by atoms with Gasteiger partial charge in [-0.25, -0.2) is 14.1 Å². The van der Waals surface area contributed by atoms with Crippen LogP contribution in [-0.2, 0) is 16.0 Å². The summed E-state index contributed by atoms with van der Waals surface area (Å²) in [6.45, 7) is 4.12. The highest BCUT2D eigenvalue weighted by Gasteiger charge is 2.36. The molecule has 0 aromatic heterocycles. The molecule has 0 atom stereocenters. The first-order valence-corrected chi connectivity index (χ1v) is 12.0. The lowest BCUT2D eigenvalue weighted by molar-refractivity contribution is -0.122. The van der Waals surface area contributed by atoms with Gasteiger partial charge in [0.05, 0.1) is 12.3 Å². The molecule has 1 fully saturated rings. The zero-order valence-corrected chi connectivity index (χ0v) is 21.3. The number of imide groups is 2. The van der Waals surface area contributed by atoms with Crippen molar-refractivity contribution in [1.29, 1.82) is 0 Å². The second-order valence-electron chi connectivity index (χ2n) is 7.97. The van der Waals surface area contributed by atoms with Gasteiger partial charge in [-0.3, -0.25) is 14.9 Å². The molecule has 3 aromatic carbocycles. The van der Waals surface area contributed by atoms with Crippen LogP contribution in [0.3, 0.4) is 0 Å². The van der Waals surface area contributed by atoms with E-state index in [2.05, 4.69) is 27.9 Å². The molecule has 4 rings (SSSR count). The summed E-state index contributed by atoms with van der Waals surface area (Å²) in [5.74, 6) is -1.26. The molecule has 0 bridgehead atoms. The van der Waals surface area contributed by atoms with Crippen LogP contribution in [0.2, 0.25) is 0 Å². The fourth-order valence-electron chi connectivity index (χ4n) is 3.76. The topological polar surface area (TPSA) is 75.7 Å². The summed E-state index contributed by atoms with van der Waals surface area (Å²) in [6.07, 6.45) is 1.76. The number of benzene rings is 3. The number of amides is 4. The first-order valence-electron chi connectivity index (χ1n) is 10.9. The van der Waals surface area contributed by atoms with Crippen molar-refractivity contribution in [3.63, 3.8) is 0 Å². The number of nitrogens with zero attached hydrogens (tertiary/aromatic N) is 1. The van der Waals surface area contributed by atoms with Crippen LogP contribution in [0.5, 0.6) is 5.75 Å². The van der Waals surface area contributed by atoms with E-state index in [-0.39, 0.29) is 11.4 Å². The number of carbonyl (C=O) groups is 3. The number of urea groups is 1. The van der Waals surface area contributed by atoms with Crippen molar-refractivity contribution in [2.24, 2.45) is 0 Å². The number of hydrogen-bond donors (Lipinski definition) is 1. The highest BCUT2D eigenvalue weighted by Crippen LogP contribution is 2.31. The Kier molecular flexibility index (Phi) is 7.30. The number of carbonyl (C=O) groups excluding carboxylic acids is 3. The van der Waals surface area contributed by atoms with Crippen molar-refractivity contribution in [3.05, 3.63) is 97.9 Å². The molecule has 1 aliphatic rings. The summed E-state index contributed by atoms with van der Waals surface area (Å²) in [5.41, 5.74) is 3.04. The van der Waals surface area contributed by atoms with Crippen LogP contribution in [0.4, 0.5) is 14.9 Å². The highest BCUT2D eigenvalue weighted by molar-refractivity contribution is 14.1. The van der Waals surface area contributed by atoms with E-state index in [9.17, 15) is 18.8 Å². The van der Waals surface area contributed by atoms with Gasteiger partial charge >= 0.3 is 6.03 Å². The maximum Gasteiger partial charge on any atom is 0.335 e. The van der Waals surface area contributed by atoms with Crippen LogP contribution >= 0.6 is 22.6 Å². The first-order chi connectivity index (χ1) is 16.8. The molecular weight excluding hydrogens is 562 g/mol. The van der Waals surface area contributed by atoms with E-state index in [4.69, 9.17) is 4.74 Å². The number of barbiturate groups is 1. The van der Waals surface area contributed by atoms with Gasteiger partial charge in [0.15, 0.2) is 0 Å². The molecule has 8 heteroatoms. The van der Waals surface area contributed by atoms with Crippen molar-refractivity contribution in [2.75, 3.05) is 11.5 Å². The second-order valence-corrected chi connectivity index (χ2v) is 9.14. The number of anilines is 1. The molecular formula is C27H22FIN2O4. The normalized spacial score (nSPS) is 14.9. The molecule has 4 amide bonds. The SMILES string of the molecule is CCOc1cc(/C=C2\C(=O)NC(=O)N(c3ccc(C)cc3)C2=O)cc(I)c1Cc1ccccc1F. The van der Waals surface area contributed by atoms with E-state index in [0.29, 0.717) is 35.6 Å². The average Bonchev–Trinajstić information content (AvgIpc) is 2.81. The second kappa shape index (κ2) is 10.4.